The maximum Gasteiger partial charge on any atom is 0.329 e. The molecule has 2 amide bonds. The van der Waals surface area contributed by atoms with E-state index >= 15 is 0 Å². The van der Waals surface area contributed by atoms with Gasteiger partial charge in [-0.3, -0.25) is 9.59 Å². The molecule has 10 heteroatoms. The number of aryl methyl sites for hydroxylation is 1. The zero-order valence-corrected chi connectivity index (χ0v) is 25.4. The highest BCUT2D eigenvalue weighted by molar-refractivity contribution is 5.96. The van der Waals surface area contributed by atoms with E-state index in [0.29, 0.717) is 50.4 Å². The van der Waals surface area contributed by atoms with Crippen molar-refractivity contribution in [3.8, 4) is 0 Å². The molecule has 1 saturated heterocycles. The van der Waals surface area contributed by atoms with E-state index in [0.717, 1.165) is 5.57 Å². The van der Waals surface area contributed by atoms with Crippen LogP contribution >= 0.6 is 0 Å². The molecule has 5 atom stereocenters. The average Bonchev–Trinajstić information content (AvgIpc) is 3.53. The van der Waals surface area contributed by atoms with Crippen molar-refractivity contribution in [2.24, 2.45) is 11.8 Å². The Morgan fingerprint density at radius 3 is 2.59 bits per heavy atom. The maximum atomic E-state index is 13.6. The number of rotatable bonds is 2. The van der Waals surface area contributed by atoms with Crippen molar-refractivity contribution in [1.82, 2.24) is 20.1 Å². The highest BCUT2D eigenvalue weighted by atomic mass is 16.5. The standard InChI is InChI=1S/C31H46N4O6/c1-19(2)29-21(4)12-13-26(37)32-14-8-10-20(3)16-24(36)17-23(34(6)7)18-27-33-28(22(5)40-27)30(38)35-15-9-11-25(35)31(39)41-29/h8,10,12-13,16,19,21,23-25,29,36H,9,11,14-15,17-18H2,1-7H3,(H,32,37)/b10-8-,13-12-,20-16-/t21-,23?,24-,25?,29-/m1/s1. The summed E-state index contributed by atoms with van der Waals surface area (Å²) in [7, 11) is 3.84. The van der Waals surface area contributed by atoms with Crippen LogP contribution in [0, 0.1) is 18.8 Å². The molecule has 2 unspecified atom stereocenters. The first-order valence-electron chi connectivity index (χ1n) is 14.5. The highest BCUT2D eigenvalue weighted by Crippen LogP contribution is 2.26. The average molecular weight is 571 g/mol. The minimum atomic E-state index is -0.713. The molecule has 3 rings (SSSR count). The van der Waals surface area contributed by atoms with E-state index in [1.165, 1.54) is 11.0 Å². The van der Waals surface area contributed by atoms with E-state index < -0.39 is 24.2 Å². The first-order valence-corrected chi connectivity index (χ1v) is 14.5. The Kier molecular flexibility index (Phi) is 11.5. The van der Waals surface area contributed by atoms with Crippen LogP contribution in [0.3, 0.4) is 0 Å². The lowest BCUT2D eigenvalue weighted by Gasteiger charge is -2.29. The molecule has 0 spiro atoms. The van der Waals surface area contributed by atoms with E-state index in [9.17, 15) is 19.5 Å². The van der Waals surface area contributed by atoms with Gasteiger partial charge in [0, 0.05) is 31.5 Å². The fraction of sp³-hybridized carbons (Fsp3) is 0.613. The largest absolute Gasteiger partial charge is 0.460 e. The summed E-state index contributed by atoms with van der Waals surface area (Å²) in [4.78, 5) is 47.4. The lowest BCUT2D eigenvalue weighted by Crippen LogP contribution is -2.44. The smallest absolute Gasteiger partial charge is 0.329 e. The number of aromatic nitrogens is 1. The second-order valence-corrected chi connectivity index (χ2v) is 11.7. The summed E-state index contributed by atoms with van der Waals surface area (Å²) in [5.41, 5.74) is 1.06. The van der Waals surface area contributed by atoms with E-state index in [-0.39, 0.29) is 35.4 Å². The topological polar surface area (TPSA) is 125 Å². The molecule has 1 fully saturated rings. The number of oxazole rings is 1. The van der Waals surface area contributed by atoms with Crippen LogP contribution in [0.15, 0.2) is 40.4 Å². The van der Waals surface area contributed by atoms with Crippen molar-refractivity contribution < 1.29 is 28.6 Å². The van der Waals surface area contributed by atoms with Gasteiger partial charge in [-0.05, 0) is 59.2 Å². The molecule has 1 aromatic heterocycles. The number of nitrogens with one attached hydrogen (secondary N) is 1. The number of aliphatic hydroxyl groups excluding tert-OH is 1. The molecule has 3 heterocycles. The van der Waals surface area contributed by atoms with Crippen LogP contribution in [-0.2, 0) is 20.7 Å². The number of esters is 1. The summed E-state index contributed by atoms with van der Waals surface area (Å²) in [5, 5.41) is 13.6. The molecule has 226 valence electrons. The van der Waals surface area contributed by atoms with E-state index in [1.807, 2.05) is 58.8 Å². The summed E-state index contributed by atoms with van der Waals surface area (Å²) < 4.78 is 11.9. The lowest BCUT2D eigenvalue weighted by atomic mass is 9.94. The van der Waals surface area contributed by atoms with Crippen LogP contribution < -0.4 is 5.32 Å². The summed E-state index contributed by atoms with van der Waals surface area (Å²) in [6.45, 7) is 10.2. The van der Waals surface area contributed by atoms with Gasteiger partial charge in [-0.2, -0.15) is 0 Å². The van der Waals surface area contributed by atoms with Gasteiger partial charge in [0.1, 0.15) is 17.9 Å². The van der Waals surface area contributed by atoms with Crippen molar-refractivity contribution >= 4 is 17.8 Å². The van der Waals surface area contributed by atoms with Crippen molar-refractivity contribution in [2.75, 3.05) is 27.2 Å². The van der Waals surface area contributed by atoms with Crippen molar-refractivity contribution in [2.45, 2.75) is 84.6 Å². The number of hydrogen-bond donors (Lipinski definition) is 2. The molecular weight excluding hydrogens is 524 g/mol. The van der Waals surface area contributed by atoms with Crippen LogP contribution in [0.25, 0.3) is 0 Å². The minimum absolute atomic E-state index is 0.000253. The Morgan fingerprint density at radius 2 is 1.90 bits per heavy atom. The molecule has 2 bridgehead atoms. The van der Waals surface area contributed by atoms with Gasteiger partial charge in [0.2, 0.25) is 5.91 Å². The molecule has 0 aliphatic carbocycles. The van der Waals surface area contributed by atoms with Crippen molar-refractivity contribution in [3.05, 3.63) is 53.3 Å². The number of carbonyl (C=O) groups is 3. The number of cyclic esters (lactones) is 1. The molecular formula is C31H46N4O6. The summed E-state index contributed by atoms with van der Waals surface area (Å²) in [5.74, 6) is -0.468. The third kappa shape index (κ3) is 8.87. The minimum Gasteiger partial charge on any atom is -0.460 e. The predicted molar refractivity (Wildman–Crippen MR) is 156 cm³/mol. The van der Waals surface area contributed by atoms with Crippen molar-refractivity contribution in [1.29, 1.82) is 0 Å². The molecule has 10 nitrogen and oxygen atoms in total. The zero-order valence-electron chi connectivity index (χ0n) is 25.4. The Balaban J connectivity index is 1.93. The highest BCUT2D eigenvalue weighted by Gasteiger charge is 2.39. The van der Waals surface area contributed by atoms with Gasteiger partial charge >= 0.3 is 5.97 Å². The molecule has 2 aliphatic rings. The second-order valence-electron chi connectivity index (χ2n) is 11.7. The fourth-order valence-electron chi connectivity index (χ4n) is 5.39. The molecule has 0 radical (unpaired) electrons. The number of hydrogen-bond acceptors (Lipinski definition) is 8. The quantitative estimate of drug-likeness (QED) is 0.520. The van der Waals surface area contributed by atoms with Crippen LogP contribution in [0.4, 0.5) is 0 Å². The van der Waals surface area contributed by atoms with Gasteiger partial charge in [-0.25, -0.2) is 9.78 Å². The first kappa shape index (κ1) is 32.3. The van der Waals surface area contributed by atoms with Crippen LogP contribution in [0.2, 0.25) is 0 Å². The molecule has 2 aliphatic heterocycles. The molecule has 1 aromatic rings. The summed E-state index contributed by atoms with van der Waals surface area (Å²) in [6.07, 6.45) is 9.50. The third-order valence-corrected chi connectivity index (χ3v) is 7.69. The van der Waals surface area contributed by atoms with Crippen LogP contribution in [-0.4, -0.2) is 89.2 Å². The summed E-state index contributed by atoms with van der Waals surface area (Å²) >= 11 is 0. The predicted octanol–water partition coefficient (Wildman–Crippen LogP) is 3.20. The second kappa shape index (κ2) is 14.6. The Bertz CT molecular complexity index is 1170. The SMILES string of the molecule is CC1=C/[C@@H](O)CC(N(C)C)Cc2nc(c(C)o2)C(=O)N2CCCC2C(=O)O[C@H](C(C)C)[C@H](C)/C=C\C(=O)NC/C=C\1. The number of likely N-dealkylation sites (N-methyl/N-ethyl adjacent to an activating group) is 1. The van der Waals surface area contributed by atoms with E-state index in [4.69, 9.17) is 9.15 Å². The van der Waals surface area contributed by atoms with Gasteiger partial charge in [0.15, 0.2) is 11.6 Å². The maximum absolute atomic E-state index is 13.6. The van der Waals surface area contributed by atoms with Crippen LogP contribution in [0.1, 0.15) is 69.1 Å². The van der Waals surface area contributed by atoms with Crippen molar-refractivity contribution in [3.63, 3.8) is 0 Å². The number of amides is 2. The number of nitrogens with zero attached hydrogens (tertiary/aromatic N) is 3. The number of allylic oxidation sites excluding steroid dienone is 2. The number of carbonyl (C=O) groups excluding carboxylic acids is 3. The Morgan fingerprint density at radius 1 is 1.17 bits per heavy atom. The zero-order chi connectivity index (χ0) is 30.3. The Hall–Kier alpha value is -3.24. The number of aliphatic hydroxyl groups is 1. The normalized spacial score (nSPS) is 30.4. The Labute approximate surface area is 243 Å². The third-order valence-electron chi connectivity index (χ3n) is 7.69. The van der Waals surface area contributed by atoms with Gasteiger partial charge in [0.05, 0.1) is 6.10 Å². The van der Waals surface area contributed by atoms with Crippen LogP contribution in [0.5, 0.6) is 0 Å². The fourth-order valence-corrected chi connectivity index (χ4v) is 5.39. The van der Waals surface area contributed by atoms with E-state index in [1.54, 1.807) is 19.1 Å². The molecule has 0 aromatic carbocycles. The lowest BCUT2D eigenvalue weighted by molar-refractivity contribution is -0.158. The number of ether oxygens (including phenoxy) is 1. The molecule has 41 heavy (non-hydrogen) atoms. The molecule has 2 N–H and O–H groups in total. The number of fused-ring (bicyclic) bond motifs is 3. The van der Waals surface area contributed by atoms with E-state index in [2.05, 4.69) is 10.3 Å². The monoisotopic (exact) mass is 570 g/mol. The van der Waals surface area contributed by atoms with Gasteiger partial charge in [-0.15, -0.1) is 0 Å². The molecule has 0 saturated carbocycles. The van der Waals surface area contributed by atoms with Gasteiger partial charge in [0.25, 0.3) is 5.91 Å². The first-order chi connectivity index (χ1) is 19.4. The van der Waals surface area contributed by atoms with Gasteiger partial charge < -0.3 is 29.4 Å². The van der Waals surface area contributed by atoms with Gasteiger partial charge in [-0.1, -0.05) is 50.6 Å². The summed E-state index contributed by atoms with van der Waals surface area (Å²) in [6, 6.07) is -0.813.